The van der Waals surface area contributed by atoms with Gasteiger partial charge in [0.15, 0.2) is 5.82 Å². The average molecular weight is 314 g/mol. The van der Waals surface area contributed by atoms with Gasteiger partial charge in [0.2, 0.25) is 11.8 Å². The van der Waals surface area contributed by atoms with Crippen LogP contribution in [0.1, 0.15) is 49.8 Å². The predicted octanol–water partition coefficient (Wildman–Crippen LogP) is 2.14. The van der Waals surface area contributed by atoms with E-state index in [0.717, 1.165) is 49.9 Å². The molecule has 2 aromatic heterocycles. The molecule has 0 amide bonds. The van der Waals surface area contributed by atoms with Gasteiger partial charge >= 0.3 is 0 Å². The highest BCUT2D eigenvalue weighted by Gasteiger charge is 2.33. The summed E-state index contributed by atoms with van der Waals surface area (Å²) >= 11 is 0. The van der Waals surface area contributed by atoms with Gasteiger partial charge in [-0.2, -0.15) is 4.98 Å². The number of rotatable bonds is 3. The zero-order valence-electron chi connectivity index (χ0n) is 13.5. The lowest BCUT2D eigenvalue weighted by Crippen LogP contribution is -2.27. The lowest BCUT2D eigenvalue weighted by Gasteiger charge is -2.24. The van der Waals surface area contributed by atoms with Crippen LogP contribution < -0.4 is 9.64 Å². The van der Waals surface area contributed by atoms with Crippen molar-refractivity contribution in [2.45, 2.75) is 51.1 Å². The smallest absolute Gasteiger partial charge is 0.229 e. The van der Waals surface area contributed by atoms with Gasteiger partial charge in [-0.25, -0.2) is 4.98 Å². The van der Waals surface area contributed by atoms with Crippen LogP contribution >= 0.6 is 0 Å². The number of aromatic nitrogens is 5. The van der Waals surface area contributed by atoms with Crippen molar-refractivity contribution in [2.75, 3.05) is 18.6 Å². The van der Waals surface area contributed by atoms with Crippen molar-refractivity contribution in [3.63, 3.8) is 0 Å². The van der Waals surface area contributed by atoms with E-state index < -0.39 is 0 Å². The van der Waals surface area contributed by atoms with E-state index in [2.05, 4.69) is 29.6 Å². The maximum absolute atomic E-state index is 5.24. The van der Waals surface area contributed by atoms with E-state index in [1.165, 1.54) is 19.3 Å². The molecule has 0 unspecified atom stereocenters. The summed E-state index contributed by atoms with van der Waals surface area (Å²) in [6.45, 7) is 1.97. The van der Waals surface area contributed by atoms with Crippen LogP contribution in [0.4, 0.5) is 5.95 Å². The Labute approximate surface area is 135 Å². The normalized spacial score (nSPS) is 21.1. The van der Waals surface area contributed by atoms with Gasteiger partial charge in [-0.15, -0.1) is 10.2 Å². The van der Waals surface area contributed by atoms with E-state index in [9.17, 15) is 0 Å². The minimum absolute atomic E-state index is 0.210. The third-order valence-electron chi connectivity index (χ3n) is 4.77. The zero-order valence-corrected chi connectivity index (χ0v) is 13.5. The molecule has 2 aliphatic heterocycles. The SMILES string of the molecule is COc1ccnc(N2CCC[C@H]2c2nnc3n2CCCCC3)n1. The summed E-state index contributed by atoms with van der Waals surface area (Å²) in [5.74, 6) is 3.53. The first-order chi connectivity index (χ1) is 11.4. The van der Waals surface area contributed by atoms with E-state index in [1.54, 1.807) is 19.4 Å². The molecule has 0 aromatic carbocycles. The fourth-order valence-electron chi connectivity index (χ4n) is 3.61. The average Bonchev–Trinajstić information content (AvgIpc) is 3.16. The van der Waals surface area contributed by atoms with Crippen molar-refractivity contribution in [1.82, 2.24) is 24.7 Å². The predicted molar refractivity (Wildman–Crippen MR) is 85.5 cm³/mol. The molecule has 7 nitrogen and oxygen atoms in total. The van der Waals surface area contributed by atoms with Crippen LogP contribution in [0.5, 0.6) is 5.88 Å². The van der Waals surface area contributed by atoms with Crippen LogP contribution in [0, 0.1) is 0 Å². The number of fused-ring (bicyclic) bond motifs is 1. The maximum Gasteiger partial charge on any atom is 0.229 e. The van der Waals surface area contributed by atoms with Crippen LogP contribution in [-0.2, 0) is 13.0 Å². The first kappa shape index (κ1) is 14.4. The van der Waals surface area contributed by atoms with Gasteiger partial charge in [0.05, 0.1) is 13.2 Å². The molecule has 1 saturated heterocycles. The third kappa shape index (κ3) is 2.64. The van der Waals surface area contributed by atoms with Gasteiger partial charge in [0.1, 0.15) is 5.82 Å². The van der Waals surface area contributed by atoms with E-state index in [4.69, 9.17) is 4.74 Å². The Morgan fingerprint density at radius 1 is 1.13 bits per heavy atom. The van der Waals surface area contributed by atoms with E-state index in [-0.39, 0.29) is 6.04 Å². The molecular formula is C16H22N6O. The van der Waals surface area contributed by atoms with Crippen LogP contribution in [-0.4, -0.2) is 38.4 Å². The van der Waals surface area contributed by atoms with Crippen LogP contribution in [0.2, 0.25) is 0 Å². The molecule has 0 spiro atoms. The minimum atomic E-state index is 0.210. The summed E-state index contributed by atoms with van der Waals surface area (Å²) in [7, 11) is 1.63. The highest BCUT2D eigenvalue weighted by atomic mass is 16.5. The van der Waals surface area contributed by atoms with Crippen molar-refractivity contribution in [3.05, 3.63) is 23.9 Å². The quantitative estimate of drug-likeness (QED) is 0.864. The van der Waals surface area contributed by atoms with E-state index in [1.807, 2.05) is 0 Å². The van der Waals surface area contributed by atoms with Crippen molar-refractivity contribution in [3.8, 4) is 5.88 Å². The second kappa shape index (κ2) is 6.14. The molecule has 7 heteroatoms. The van der Waals surface area contributed by atoms with Crippen LogP contribution in [0.15, 0.2) is 12.3 Å². The molecule has 4 heterocycles. The molecule has 23 heavy (non-hydrogen) atoms. The molecule has 2 aromatic rings. The summed E-state index contributed by atoms with van der Waals surface area (Å²) in [5.41, 5.74) is 0. The van der Waals surface area contributed by atoms with E-state index >= 15 is 0 Å². The Morgan fingerprint density at radius 3 is 3.00 bits per heavy atom. The lowest BCUT2D eigenvalue weighted by molar-refractivity contribution is 0.396. The number of hydrogen-bond donors (Lipinski definition) is 0. The molecule has 0 aliphatic carbocycles. The molecule has 0 bridgehead atoms. The molecule has 0 N–H and O–H groups in total. The Kier molecular flexibility index (Phi) is 3.85. The fraction of sp³-hybridized carbons (Fsp3) is 0.625. The Balaban J connectivity index is 1.67. The minimum Gasteiger partial charge on any atom is -0.481 e. The zero-order chi connectivity index (χ0) is 15.6. The topological polar surface area (TPSA) is 69.0 Å². The number of methoxy groups -OCH3 is 1. The van der Waals surface area contributed by atoms with E-state index in [0.29, 0.717) is 5.88 Å². The Bertz CT molecular complexity index is 685. The second-order valence-corrected chi connectivity index (χ2v) is 6.19. The number of nitrogens with zero attached hydrogens (tertiary/aromatic N) is 6. The largest absolute Gasteiger partial charge is 0.481 e. The summed E-state index contributed by atoms with van der Waals surface area (Å²) in [5, 5.41) is 8.97. The highest BCUT2D eigenvalue weighted by molar-refractivity contribution is 5.37. The van der Waals surface area contributed by atoms with Gasteiger partial charge in [0, 0.05) is 31.8 Å². The molecule has 0 saturated carbocycles. The first-order valence-electron chi connectivity index (χ1n) is 8.42. The van der Waals surface area contributed by atoms with Crippen molar-refractivity contribution >= 4 is 5.95 Å². The van der Waals surface area contributed by atoms with Gasteiger partial charge < -0.3 is 14.2 Å². The summed E-state index contributed by atoms with van der Waals surface area (Å²) < 4.78 is 7.57. The van der Waals surface area contributed by atoms with Gasteiger partial charge in [-0.1, -0.05) is 6.42 Å². The number of anilines is 1. The molecule has 4 rings (SSSR count). The molecule has 122 valence electrons. The summed E-state index contributed by atoms with van der Waals surface area (Å²) in [6, 6.07) is 1.99. The third-order valence-corrected chi connectivity index (χ3v) is 4.77. The monoisotopic (exact) mass is 314 g/mol. The fourth-order valence-corrected chi connectivity index (χ4v) is 3.61. The Hall–Kier alpha value is -2.18. The first-order valence-corrected chi connectivity index (χ1v) is 8.42. The number of hydrogen-bond acceptors (Lipinski definition) is 6. The standard InChI is InChI=1S/C16H22N6O/c1-23-14-8-9-17-16(18-14)21-11-5-6-12(21)15-20-19-13-7-3-2-4-10-22(13)15/h8-9,12H,2-7,10-11H2,1H3/t12-/m0/s1. The lowest BCUT2D eigenvalue weighted by atomic mass is 10.2. The summed E-state index contributed by atoms with van der Waals surface area (Å²) in [4.78, 5) is 11.2. The molecular weight excluding hydrogens is 292 g/mol. The van der Waals surface area contributed by atoms with Crippen molar-refractivity contribution in [1.29, 1.82) is 0 Å². The molecule has 1 atom stereocenters. The van der Waals surface area contributed by atoms with Crippen molar-refractivity contribution in [2.24, 2.45) is 0 Å². The molecule has 0 radical (unpaired) electrons. The Morgan fingerprint density at radius 2 is 2.09 bits per heavy atom. The highest BCUT2D eigenvalue weighted by Crippen LogP contribution is 2.34. The number of aryl methyl sites for hydroxylation is 1. The van der Waals surface area contributed by atoms with Gasteiger partial charge in [0.25, 0.3) is 0 Å². The maximum atomic E-state index is 5.24. The molecule has 2 aliphatic rings. The van der Waals surface area contributed by atoms with Crippen LogP contribution in [0.25, 0.3) is 0 Å². The summed E-state index contributed by atoms with van der Waals surface area (Å²) in [6.07, 6.45) is 8.67. The number of ether oxygens (including phenoxy) is 1. The van der Waals surface area contributed by atoms with Gasteiger partial charge in [-0.05, 0) is 25.7 Å². The van der Waals surface area contributed by atoms with Gasteiger partial charge in [-0.3, -0.25) is 0 Å². The second-order valence-electron chi connectivity index (χ2n) is 6.19. The van der Waals surface area contributed by atoms with Crippen molar-refractivity contribution < 1.29 is 4.74 Å². The van der Waals surface area contributed by atoms with Crippen LogP contribution in [0.3, 0.4) is 0 Å². The molecule has 1 fully saturated rings.